The van der Waals surface area contributed by atoms with Crippen LogP contribution in [0.1, 0.15) is 37.7 Å². The Balaban J connectivity index is 2.04. The molecule has 3 rings (SSSR count). The van der Waals surface area contributed by atoms with Gasteiger partial charge in [-0.25, -0.2) is 0 Å². The Morgan fingerprint density at radius 3 is 2.35 bits per heavy atom. The summed E-state index contributed by atoms with van der Waals surface area (Å²) in [5, 5.41) is 0. The van der Waals surface area contributed by atoms with Crippen LogP contribution in [0, 0.1) is 0 Å². The normalized spacial score (nSPS) is 28.6. The molecule has 0 aliphatic carbocycles. The lowest BCUT2D eigenvalue weighted by atomic mass is 9.79. The molecule has 3 heteroatoms. The topological polar surface area (TPSA) is 23.6 Å². The summed E-state index contributed by atoms with van der Waals surface area (Å²) >= 11 is 0. The minimum absolute atomic E-state index is 0.289. The van der Waals surface area contributed by atoms with E-state index < -0.39 is 5.54 Å². The van der Waals surface area contributed by atoms with Crippen LogP contribution in [0.5, 0.6) is 0 Å². The number of likely N-dealkylation sites (N-methyl/N-ethyl adjacent to an activating group) is 1. The highest BCUT2D eigenvalue weighted by Crippen LogP contribution is 2.39. The van der Waals surface area contributed by atoms with E-state index in [1.807, 2.05) is 18.0 Å². The van der Waals surface area contributed by atoms with Crippen LogP contribution in [0.25, 0.3) is 0 Å². The molecular weight excluding hydrogens is 248 g/mol. The highest BCUT2D eigenvalue weighted by molar-refractivity contribution is 5.88. The first-order chi connectivity index (χ1) is 9.75. The van der Waals surface area contributed by atoms with Gasteiger partial charge in [0.05, 0.1) is 0 Å². The standard InChI is InChI=1S/C17H24N2O/c1-18-12-8-11-17(16(18)20,15-9-4-2-5-10-15)19-13-6-3-7-14-19/h2,4-5,9-10H,3,6-8,11-14H2,1H3. The molecule has 1 aromatic rings. The van der Waals surface area contributed by atoms with E-state index in [4.69, 9.17) is 0 Å². The Labute approximate surface area is 121 Å². The number of hydrogen-bond acceptors (Lipinski definition) is 2. The van der Waals surface area contributed by atoms with Crippen LogP contribution >= 0.6 is 0 Å². The molecule has 20 heavy (non-hydrogen) atoms. The van der Waals surface area contributed by atoms with Gasteiger partial charge in [0.1, 0.15) is 5.54 Å². The van der Waals surface area contributed by atoms with Crippen molar-refractivity contribution in [3.8, 4) is 0 Å². The molecule has 0 N–H and O–H groups in total. The Morgan fingerprint density at radius 1 is 0.950 bits per heavy atom. The van der Waals surface area contributed by atoms with Gasteiger partial charge in [0, 0.05) is 13.6 Å². The van der Waals surface area contributed by atoms with Crippen molar-refractivity contribution in [1.82, 2.24) is 9.80 Å². The number of carbonyl (C=O) groups is 1. The Morgan fingerprint density at radius 2 is 1.65 bits per heavy atom. The van der Waals surface area contributed by atoms with E-state index >= 15 is 0 Å². The molecule has 2 aliphatic heterocycles. The van der Waals surface area contributed by atoms with E-state index in [9.17, 15) is 4.79 Å². The van der Waals surface area contributed by atoms with Gasteiger partial charge in [-0.3, -0.25) is 9.69 Å². The Bertz CT molecular complexity index is 467. The monoisotopic (exact) mass is 272 g/mol. The van der Waals surface area contributed by atoms with Crippen LogP contribution in [0.15, 0.2) is 30.3 Å². The van der Waals surface area contributed by atoms with Gasteiger partial charge in [0.25, 0.3) is 0 Å². The number of rotatable bonds is 2. The van der Waals surface area contributed by atoms with Crippen LogP contribution in [-0.2, 0) is 10.3 Å². The second-order valence-electron chi connectivity index (χ2n) is 6.10. The maximum Gasteiger partial charge on any atom is 0.247 e. The smallest absolute Gasteiger partial charge is 0.247 e. The quantitative estimate of drug-likeness (QED) is 0.826. The molecule has 2 saturated heterocycles. The molecule has 108 valence electrons. The van der Waals surface area contributed by atoms with Crippen molar-refractivity contribution in [2.45, 2.75) is 37.6 Å². The number of benzene rings is 1. The van der Waals surface area contributed by atoms with Gasteiger partial charge in [0.2, 0.25) is 5.91 Å². The summed E-state index contributed by atoms with van der Waals surface area (Å²) in [5.74, 6) is 0.289. The lowest BCUT2D eigenvalue weighted by molar-refractivity contribution is -0.150. The summed E-state index contributed by atoms with van der Waals surface area (Å²) in [5.41, 5.74) is 0.771. The van der Waals surface area contributed by atoms with Crippen LogP contribution in [0.2, 0.25) is 0 Å². The maximum atomic E-state index is 13.0. The fraction of sp³-hybridized carbons (Fsp3) is 0.588. The van der Waals surface area contributed by atoms with Gasteiger partial charge in [-0.1, -0.05) is 36.8 Å². The number of carbonyl (C=O) groups excluding carboxylic acids is 1. The molecule has 2 heterocycles. The van der Waals surface area contributed by atoms with Gasteiger partial charge in [-0.2, -0.15) is 0 Å². The van der Waals surface area contributed by atoms with Crippen molar-refractivity contribution in [2.75, 3.05) is 26.7 Å². The molecule has 0 bridgehead atoms. The fourth-order valence-electron chi connectivity index (χ4n) is 3.83. The summed E-state index contributed by atoms with van der Waals surface area (Å²) in [7, 11) is 1.95. The van der Waals surface area contributed by atoms with Crippen LogP contribution < -0.4 is 0 Å². The first kappa shape index (κ1) is 13.6. The van der Waals surface area contributed by atoms with Crippen molar-refractivity contribution in [3.63, 3.8) is 0 Å². The molecule has 2 fully saturated rings. The van der Waals surface area contributed by atoms with Gasteiger partial charge in [-0.15, -0.1) is 0 Å². The number of amides is 1. The zero-order valence-corrected chi connectivity index (χ0v) is 12.3. The third kappa shape index (κ3) is 2.14. The third-order valence-corrected chi connectivity index (χ3v) is 4.88. The average Bonchev–Trinajstić information content (AvgIpc) is 2.52. The lowest BCUT2D eigenvalue weighted by Crippen LogP contribution is -2.60. The molecule has 0 radical (unpaired) electrons. The number of piperidine rings is 2. The SMILES string of the molecule is CN1CCCC(c2ccccc2)(N2CCCCC2)C1=O. The average molecular weight is 272 g/mol. The molecule has 0 aromatic heterocycles. The zero-order chi connectivity index (χ0) is 14.0. The van der Waals surface area contributed by atoms with Gasteiger partial charge in [0.15, 0.2) is 0 Å². The summed E-state index contributed by atoms with van der Waals surface area (Å²) in [6, 6.07) is 10.4. The largest absolute Gasteiger partial charge is 0.344 e. The third-order valence-electron chi connectivity index (χ3n) is 4.88. The van der Waals surface area contributed by atoms with Gasteiger partial charge in [-0.05, 0) is 44.3 Å². The second kappa shape index (κ2) is 5.57. The minimum atomic E-state index is -0.408. The minimum Gasteiger partial charge on any atom is -0.344 e. The zero-order valence-electron chi connectivity index (χ0n) is 12.3. The van der Waals surface area contributed by atoms with Crippen molar-refractivity contribution in [2.24, 2.45) is 0 Å². The van der Waals surface area contributed by atoms with E-state index in [-0.39, 0.29) is 5.91 Å². The van der Waals surface area contributed by atoms with Crippen molar-refractivity contribution >= 4 is 5.91 Å². The second-order valence-corrected chi connectivity index (χ2v) is 6.10. The van der Waals surface area contributed by atoms with E-state index in [0.29, 0.717) is 0 Å². The molecule has 2 aliphatic rings. The first-order valence-corrected chi connectivity index (χ1v) is 7.81. The molecule has 3 nitrogen and oxygen atoms in total. The fourth-order valence-corrected chi connectivity index (χ4v) is 3.83. The summed E-state index contributed by atoms with van der Waals surface area (Å²) < 4.78 is 0. The molecular formula is C17H24N2O. The van der Waals surface area contributed by atoms with Crippen LogP contribution in [0.3, 0.4) is 0 Å². The summed E-state index contributed by atoms with van der Waals surface area (Å²) in [6.07, 6.45) is 5.77. The van der Waals surface area contributed by atoms with Crippen LogP contribution in [-0.4, -0.2) is 42.4 Å². The van der Waals surface area contributed by atoms with Crippen molar-refractivity contribution in [1.29, 1.82) is 0 Å². The highest BCUT2D eigenvalue weighted by Gasteiger charge is 2.48. The maximum absolute atomic E-state index is 13.0. The van der Waals surface area contributed by atoms with Crippen molar-refractivity contribution in [3.05, 3.63) is 35.9 Å². The highest BCUT2D eigenvalue weighted by atomic mass is 16.2. The summed E-state index contributed by atoms with van der Waals surface area (Å²) in [6.45, 7) is 2.99. The van der Waals surface area contributed by atoms with Gasteiger partial charge >= 0.3 is 0 Å². The van der Waals surface area contributed by atoms with E-state index in [2.05, 4.69) is 29.2 Å². The molecule has 1 unspecified atom stereocenters. The number of likely N-dealkylation sites (tertiary alicyclic amines) is 2. The van der Waals surface area contributed by atoms with E-state index in [0.717, 1.165) is 32.5 Å². The van der Waals surface area contributed by atoms with Crippen LogP contribution in [0.4, 0.5) is 0 Å². The summed E-state index contributed by atoms with van der Waals surface area (Å²) in [4.78, 5) is 17.4. The van der Waals surface area contributed by atoms with E-state index in [1.165, 1.54) is 24.8 Å². The lowest BCUT2D eigenvalue weighted by Gasteiger charge is -2.49. The molecule has 1 atom stereocenters. The predicted octanol–water partition coefficient (Wildman–Crippen LogP) is 2.62. The first-order valence-electron chi connectivity index (χ1n) is 7.81. The predicted molar refractivity (Wildman–Crippen MR) is 80.4 cm³/mol. The molecule has 0 saturated carbocycles. The Hall–Kier alpha value is -1.35. The van der Waals surface area contributed by atoms with Crippen molar-refractivity contribution < 1.29 is 4.79 Å². The Kier molecular flexibility index (Phi) is 3.79. The number of hydrogen-bond donors (Lipinski definition) is 0. The molecule has 1 amide bonds. The van der Waals surface area contributed by atoms with E-state index in [1.54, 1.807) is 0 Å². The van der Waals surface area contributed by atoms with Gasteiger partial charge < -0.3 is 4.90 Å². The number of nitrogens with zero attached hydrogens (tertiary/aromatic N) is 2. The molecule has 1 aromatic carbocycles. The molecule has 0 spiro atoms.